The first kappa shape index (κ1) is 17.0. The summed E-state index contributed by atoms with van der Waals surface area (Å²) in [5.74, 6) is 0.763. The van der Waals surface area contributed by atoms with E-state index < -0.39 is 0 Å². The number of rotatable bonds is 5. The second-order valence-corrected chi connectivity index (χ2v) is 7.53. The number of amides is 1. The average Bonchev–Trinajstić information content (AvgIpc) is 3.38. The number of thiophene rings is 1. The number of nitrogens with one attached hydrogen (secondary N) is 1. The lowest BCUT2D eigenvalue weighted by atomic mass is 10.0. The van der Waals surface area contributed by atoms with Crippen LogP contribution < -0.4 is 4.90 Å². The van der Waals surface area contributed by atoms with Crippen molar-refractivity contribution in [1.82, 2.24) is 15.1 Å². The maximum absolute atomic E-state index is 13.0. The van der Waals surface area contributed by atoms with E-state index >= 15 is 0 Å². The Balaban J connectivity index is 1.45. The molecule has 1 fully saturated rings. The summed E-state index contributed by atoms with van der Waals surface area (Å²) < 4.78 is 0. The Morgan fingerprint density at radius 1 is 1.15 bits per heavy atom. The Morgan fingerprint density at radius 3 is 2.62 bits per heavy atom. The lowest BCUT2D eigenvalue weighted by molar-refractivity contribution is 0.0961. The molecule has 3 aromatic rings. The number of hydrogen-bond donors (Lipinski definition) is 1. The smallest absolute Gasteiger partial charge is 0.269 e. The highest BCUT2D eigenvalue weighted by Crippen LogP contribution is 2.26. The molecule has 4 rings (SSSR count). The lowest BCUT2D eigenvalue weighted by Gasteiger charge is -2.37. The van der Waals surface area contributed by atoms with Gasteiger partial charge in [0.1, 0.15) is 0 Å². The number of carbonyl (C=O) groups is 1. The summed E-state index contributed by atoms with van der Waals surface area (Å²) in [6.07, 6.45) is 3.68. The van der Waals surface area contributed by atoms with Crippen molar-refractivity contribution in [2.24, 2.45) is 0 Å². The number of anilines is 1. The van der Waals surface area contributed by atoms with Crippen molar-refractivity contribution in [2.75, 3.05) is 18.0 Å². The van der Waals surface area contributed by atoms with Gasteiger partial charge in [0.25, 0.3) is 5.91 Å². The molecule has 1 aromatic carbocycles. The molecule has 1 amide bonds. The third-order valence-electron chi connectivity index (χ3n) is 4.85. The molecular formula is C20H22N4OS. The van der Waals surface area contributed by atoms with Crippen molar-refractivity contribution in [2.45, 2.75) is 25.4 Å². The monoisotopic (exact) mass is 366 g/mol. The van der Waals surface area contributed by atoms with Gasteiger partial charge in [-0.1, -0.05) is 36.4 Å². The minimum absolute atomic E-state index is 0.0496. The molecule has 2 aromatic heterocycles. The number of hydrogen-bond acceptors (Lipinski definition) is 4. The quantitative estimate of drug-likeness (QED) is 0.748. The normalized spacial score (nSPS) is 15.8. The van der Waals surface area contributed by atoms with Gasteiger partial charge in [-0.15, -0.1) is 11.3 Å². The number of likely N-dealkylation sites (tertiary alicyclic amines) is 1. The van der Waals surface area contributed by atoms with Crippen molar-refractivity contribution < 1.29 is 4.79 Å². The highest BCUT2D eigenvalue weighted by Gasteiger charge is 2.31. The molecule has 0 atom stereocenters. The van der Waals surface area contributed by atoms with Crippen LogP contribution in [0.5, 0.6) is 0 Å². The van der Waals surface area contributed by atoms with Gasteiger partial charge in [-0.2, -0.15) is 5.10 Å². The van der Waals surface area contributed by atoms with E-state index in [9.17, 15) is 4.79 Å². The van der Waals surface area contributed by atoms with E-state index in [2.05, 4.69) is 39.4 Å². The molecule has 134 valence electrons. The molecule has 1 aliphatic rings. The summed E-state index contributed by atoms with van der Waals surface area (Å²) in [5.41, 5.74) is 1.34. The topological polar surface area (TPSA) is 52.2 Å². The number of piperidine rings is 1. The first-order chi connectivity index (χ1) is 12.8. The van der Waals surface area contributed by atoms with E-state index in [0.717, 1.165) is 37.4 Å². The van der Waals surface area contributed by atoms with Gasteiger partial charge < -0.3 is 0 Å². The van der Waals surface area contributed by atoms with E-state index in [1.165, 1.54) is 16.9 Å². The third kappa shape index (κ3) is 3.71. The van der Waals surface area contributed by atoms with Crippen LogP contribution in [0.1, 0.15) is 28.1 Å². The van der Waals surface area contributed by atoms with Gasteiger partial charge in [-0.25, -0.2) is 0 Å². The number of aromatic nitrogens is 2. The fraction of sp³-hybridized carbons (Fsp3) is 0.300. The number of aromatic amines is 1. The Bertz CT molecular complexity index is 809. The van der Waals surface area contributed by atoms with Gasteiger partial charge in [-0.3, -0.25) is 19.7 Å². The van der Waals surface area contributed by atoms with Gasteiger partial charge in [0, 0.05) is 37.9 Å². The second kappa shape index (κ2) is 7.85. The standard InChI is InChI=1S/C20H22N4OS/c25-20(18-7-4-14-26-18)24(19-8-11-21-22-19)17-9-12-23(13-10-17)15-16-5-2-1-3-6-16/h1-8,11,14,17H,9-10,12-13,15H2,(H,21,22). The minimum atomic E-state index is 0.0496. The van der Waals surface area contributed by atoms with Crippen LogP contribution in [0.2, 0.25) is 0 Å². The maximum Gasteiger partial charge on any atom is 0.269 e. The summed E-state index contributed by atoms with van der Waals surface area (Å²) in [5, 5.41) is 9.06. The van der Waals surface area contributed by atoms with E-state index in [0.29, 0.717) is 5.82 Å². The number of benzene rings is 1. The Kier molecular flexibility index (Phi) is 5.13. The van der Waals surface area contributed by atoms with E-state index in [-0.39, 0.29) is 11.9 Å². The van der Waals surface area contributed by atoms with Crippen LogP contribution in [-0.2, 0) is 6.54 Å². The molecule has 5 nitrogen and oxygen atoms in total. The van der Waals surface area contributed by atoms with Crippen LogP contribution in [0.4, 0.5) is 5.82 Å². The molecule has 0 bridgehead atoms. The summed E-state index contributed by atoms with van der Waals surface area (Å²) >= 11 is 1.48. The zero-order valence-corrected chi connectivity index (χ0v) is 15.4. The fourth-order valence-corrected chi connectivity index (χ4v) is 4.20. The highest BCUT2D eigenvalue weighted by molar-refractivity contribution is 7.12. The van der Waals surface area contributed by atoms with Crippen molar-refractivity contribution >= 4 is 23.1 Å². The second-order valence-electron chi connectivity index (χ2n) is 6.58. The Morgan fingerprint density at radius 2 is 1.96 bits per heavy atom. The summed E-state index contributed by atoms with van der Waals surface area (Å²) in [6.45, 7) is 2.94. The van der Waals surface area contributed by atoms with Crippen molar-refractivity contribution in [3.63, 3.8) is 0 Å². The molecule has 0 unspecified atom stereocenters. The van der Waals surface area contributed by atoms with E-state index in [1.54, 1.807) is 6.20 Å². The van der Waals surface area contributed by atoms with Gasteiger partial charge in [-0.05, 0) is 29.9 Å². The molecule has 0 radical (unpaired) electrons. The van der Waals surface area contributed by atoms with Crippen molar-refractivity contribution in [3.05, 3.63) is 70.5 Å². The van der Waals surface area contributed by atoms with E-state index in [4.69, 9.17) is 0 Å². The summed E-state index contributed by atoms with van der Waals surface area (Å²) in [6, 6.07) is 16.4. The van der Waals surface area contributed by atoms with Gasteiger partial charge in [0.15, 0.2) is 5.82 Å². The van der Waals surface area contributed by atoms with Crippen LogP contribution in [0, 0.1) is 0 Å². The van der Waals surface area contributed by atoms with Crippen molar-refractivity contribution in [1.29, 1.82) is 0 Å². The van der Waals surface area contributed by atoms with Gasteiger partial charge in [0.2, 0.25) is 0 Å². The highest BCUT2D eigenvalue weighted by atomic mass is 32.1. The first-order valence-corrected chi connectivity index (χ1v) is 9.82. The SMILES string of the molecule is O=C(c1cccs1)N(c1cc[nH]n1)C1CCN(Cc2ccccc2)CC1. The first-order valence-electron chi connectivity index (χ1n) is 8.94. The zero-order valence-electron chi connectivity index (χ0n) is 14.5. The van der Waals surface area contributed by atoms with E-state index in [1.807, 2.05) is 34.5 Å². The molecule has 3 heterocycles. The van der Waals surface area contributed by atoms with Crippen LogP contribution in [0.15, 0.2) is 60.1 Å². The molecule has 1 saturated heterocycles. The van der Waals surface area contributed by atoms with Crippen LogP contribution in [0.25, 0.3) is 0 Å². The van der Waals surface area contributed by atoms with Crippen LogP contribution in [-0.4, -0.2) is 40.1 Å². The molecule has 6 heteroatoms. The largest absolute Gasteiger partial charge is 0.299 e. The minimum Gasteiger partial charge on any atom is -0.299 e. The van der Waals surface area contributed by atoms with Crippen LogP contribution >= 0.6 is 11.3 Å². The molecule has 1 aliphatic heterocycles. The third-order valence-corrected chi connectivity index (χ3v) is 5.71. The molecule has 0 spiro atoms. The number of H-pyrrole nitrogens is 1. The molecule has 26 heavy (non-hydrogen) atoms. The summed E-state index contributed by atoms with van der Waals surface area (Å²) in [4.78, 5) is 18.1. The Labute approximate surface area is 157 Å². The van der Waals surface area contributed by atoms with Gasteiger partial charge in [0.05, 0.1) is 4.88 Å². The lowest BCUT2D eigenvalue weighted by Crippen LogP contribution is -2.47. The molecule has 0 saturated carbocycles. The maximum atomic E-state index is 13.0. The zero-order chi connectivity index (χ0) is 17.8. The Hall–Kier alpha value is -2.44. The molecular weight excluding hydrogens is 344 g/mol. The fourth-order valence-electron chi connectivity index (χ4n) is 3.54. The number of carbonyl (C=O) groups excluding carboxylic acids is 1. The molecule has 0 aliphatic carbocycles. The predicted molar refractivity (Wildman–Crippen MR) is 104 cm³/mol. The van der Waals surface area contributed by atoms with Crippen LogP contribution in [0.3, 0.4) is 0 Å². The summed E-state index contributed by atoms with van der Waals surface area (Å²) in [7, 11) is 0. The predicted octanol–water partition coefficient (Wildman–Crippen LogP) is 3.78. The van der Waals surface area contributed by atoms with Crippen molar-refractivity contribution in [3.8, 4) is 0 Å². The number of nitrogens with zero attached hydrogens (tertiary/aromatic N) is 3. The average molecular weight is 366 g/mol. The van der Waals surface area contributed by atoms with Gasteiger partial charge >= 0.3 is 0 Å². The molecule has 1 N–H and O–H groups in total.